The van der Waals surface area contributed by atoms with Crippen molar-refractivity contribution in [2.75, 3.05) is 19.5 Å². The number of anilines is 1. The van der Waals surface area contributed by atoms with E-state index in [-0.39, 0.29) is 48.1 Å². The second-order valence-electron chi connectivity index (χ2n) is 13.7. The van der Waals surface area contributed by atoms with Gasteiger partial charge in [0, 0.05) is 24.3 Å². The predicted octanol–water partition coefficient (Wildman–Crippen LogP) is 6.12. The van der Waals surface area contributed by atoms with E-state index < -0.39 is 71.2 Å². The second-order valence-corrected chi connectivity index (χ2v) is 17.7. The highest BCUT2D eigenvalue weighted by Crippen LogP contribution is 2.36. The Hall–Kier alpha value is -4.42. The highest BCUT2D eigenvalue weighted by Gasteiger charge is 2.47. The Balaban J connectivity index is 1.24. The fourth-order valence-electron chi connectivity index (χ4n) is 6.95. The molecule has 0 radical (unpaired) electrons. The number of ether oxygens (including phenoxy) is 3. The molecule has 2 aliphatic carbocycles. The number of hydrogen-bond acceptors (Lipinski definition) is 9. The highest BCUT2D eigenvalue weighted by molar-refractivity contribution is 7.92. The van der Waals surface area contributed by atoms with Gasteiger partial charge in [0.15, 0.2) is 11.6 Å². The van der Waals surface area contributed by atoms with Crippen LogP contribution in [-0.4, -0.2) is 65.8 Å². The molecule has 0 bridgehead atoms. The normalized spacial score (nSPS) is 22.0. The van der Waals surface area contributed by atoms with Gasteiger partial charge in [-0.2, -0.15) is 13.2 Å². The fraction of sp³-hybridized carbons (Fsp3) is 0.459. The molecule has 0 unspecified atom stereocenters. The van der Waals surface area contributed by atoms with Crippen molar-refractivity contribution in [3.05, 3.63) is 77.6 Å². The van der Waals surface area contributed by atoms with E-state index in [0.717, 1.165) is 29.8 Å². The first kappa shape index (κ1) is 41.7. The summed E-state index contributed by atoms with van der Waals surface area (Å²) in [5.74, 6) is -2.92. The number of sulfonamides is 1. The Morgan fingerprint density at radius 3 is 2.18 bits per heavy atom. The average molecular weight is 814 g/mol. The molecule has 3 aromatic carbocycles. The number of benzene rings is 3. The van der Waals surface area contributed by atoms with Gasteiger partial charge >= 0.3 is 5.51 Å². The molecule has 0 saturated heterocycles. The lowest BCUT2D eigenvalue weighted by Crippen LogP contribution is -2.50. The van der Waals surface area contributed by atoms with Crippen LogP contribution in [0.3, 0.4) is 0 Å². The monoisotopic (exact) mass is 813 g/mol. The smallest absolute Gasteiger partial charge is 0.497 e. The Bertz CT molecular complexity index is 2070. The molecule has 300 valence electrons. The summed E-state index contributed by atoms with van der Waals surface area (Å²) in [7, 11) is -6.53. The van der Waals surface area contributed by atoms with Crippen LogP contribution in [0.4, 0.5) is 23.2 Å². The number of carbonyl (C=O) groups is 2. The third-order valence-electron chi connectivity index (χ3n) is 10.1. The van der Waals surface area contributed by atoms with Gasteiger partial charge in [-0.3, -0.25) is 9.59 Å². The Morgan fingerprint density at radius 2 is 1.55 bits per heavy atom. The van der Waals surface area contributed by atoms with Crippen molar-refractivity contribution < 1.29 is 58.2 Å². The van der Waals surface area contributed by atoms with E-state index in [1.807, 2.05) is 6.92 Å². The summed E-state index contributed by atoms with van der Waals surface area (Å²) in [5.41, 5.74) is -5.02. The Labute approximate surface area is 317 Å². The first-order valence-electron chi connectivity index (χ1n) is 17.6. The second kappa shape index (κ2) is 17.2. The van der Waals surface area contributed by atoms with Gasteiger partial charge in [0.2, 0.25) is 15.9 Å². The largest absolute Gasteiger partial charge is 0.501 e. The first-order chi connectivity index (χ1) is 25.9. The summed E-state index contributed by atoms with van der Waals surface area (Å²) in [6.45, 7) is 1.93. The lowest BCUT2D eigenvalue weighted by Gasteiger charge is -2.36. The van der Waals surface area contributed by atoms with Crippen molar-refractivity contribution in [1.82, 2.24) is 10.0 Å². The van der Waals surface area contributed by atoms with Crippen molar-refractivity contribution in [2.45, 2.75) is 86.2 Å². The van der Waals surface area contributed by atoms with Crippen LogP contribution in [0.1, 0.15) is 67.8 Å². The van der Waals surface area contributed by atoms with E-state index in [9.17, 15) is 39.6 Å². The van der Waals surface area contributed by atoms with Crippen molar-refractivity contribution in [3.63, 3.8) is 0 Å². The molecule has 0 spiro atoms. The summed E-state index contributed by atoms with van der Waals surface area (Å²) in [6, 6.07) is 12.3. The van der Waals surface area contributed by atoms with Crippen molar-refractivity contribution in [2.24, 2.45) is 11.8 Å². The van der Waals surface area contributed by atoms with E-state index in [4.69, 9.17) is 14.2 Å². The van der Waals surface area contributed by atoms with Crippen LogP contribution >= 0.6 is 0 Å². The van der Waals surface area contributed by atoms with Gasteiger partial charge in [-0.1, -0.05) is 31.5 Å². The summed E-state index contributed by atoms with van der Waals surface area (Å²) in [4.78, 5) is 26.2. The van der Waals surface area contributed by atoms with Crippen molar-refractivity contribution >= 4 is 37.4 Å². The summed E-state index contributed by atoms with van der Waals surface area (Å²) < 4.78 is 124. The summed E-state index contributed by atoms with van der Waals surface area (Å²) in [6.07, 6.45) is 2.16. The van der Waals surface area contributed by atoms with Crippen LogP contribution < -0.4 is 29.6 Å². The maximum atomic E-state index is 15.3. The third kappa shape index (κ3) is 9.88. The lowest BCUT2D eigenvalue weighted by molar-refractivity contribution is -0.122. The van der Waals surface area contributed by atoms with Gasteiger partial charge in [0.25, 0.3) is 15.7 Å². The highest BCUT2D eigenvalue weighted by atomic mass is 32.2. The minimum Gasteiger partial charge on any atom is -0.497 e. The fourth-order valence-corrected chi connectivity index (χ4v) is 9.25. The topological polar surface area (TPSA) is 166 Å². The predicted molar refractivity (Wildman–Crippen MR) is 194 cm³/mol. The van der Waals surface area contributed by atoms with Gasteiger partial charge in [-0.05, 0) is 86.4 Å². The number of sulfone groups is 1. The molecule has 0 aromatic heterocycles. The number of methoxy groups -OCH3 is 2. The molecule has 2 saturated carbocycles. The summed E-state index contributed by atoms with van der Waals surface area (Å²) >= 11 is 0. The van der Waals surface area contributed by atoms with E-state index >= 15 is 4.39 Å². The molecule has 3 atom stereocenters. The van der Waals surface area contributed by atoms with Gasteiger partial charge in [0.05, 0.1) is 42.0 Å². The zero-order valence-electron chi connectivity index (χ0n) is 30.3. The third-order valence-corrected chi connectivity index (χ3v) is 13.4. The SMILES string of the molecule is COc1ccc(CNS(=O)(=O)[C@H]2CC[C@H](Oc3cc(C(=O)N[C@H]4[C@@H](C(=O)Nc5cccc(S(=O)(=O)C(F)(F)F)c5)CCC[C@@H]4C)c(OC)cc3F)CC2)cc1. The van der Waals surface area contributed by atoms with Gasteiger partial charge in [0.1, 0.15) is 11.5 Å². The molecule has 55 heavy (non-hydrogen) atoms. The standard InChI is InChI=1S/C37H43F4N3O9S2/c1-22-6-4-9-29(35(45)43-24-7-5-8-28(18-24)54(47,48)37(39,40)41)34(22)44-36(46)30-19-33(31(38)20-32(30)52-3)53-26-14-16-27(17-15-26)55(49,50)42-21-23-10-12-25(51-2)13-11-23/h5,7-8,10-13,18-20,22,26-27,29,34,42H,4,6,9,14-17,21H2,1-3H3,(H,43,45)(H,44,46)/t22-,26-,27-,29-,34+/m0/s1. The van der Waals surface area contributed by atoms with Gasteiger partial charge in [-0.25, -0.2) is 25.9 Å². The molecule has 0 aliphatic heterocycles. The number of alkyl halides is 3. The number of carbonyl (C=O) groups excluding carboxylic acids is 2. The van der Waals surface area contributed by atoms with E-state index in [1.54, 1.807) is 24.3 Å². The zero-order chi connectivity index (χ0) is 40.1. The quantitative estimate of drug-likeness (QED) is 0.173. The number of amides is 2. The molecular weight excluding hydrogens is 771 g/mol. The maximum absolute atomic E-state index is 15.3. The lowest BCUT2D eigenvalue weighted by atomic mass is 9.77. The summed E-state index contributed by atoms with van der Waals surface area (Å²) in [5, 5.41) is 4.67. The number of hydrogen-bond donors (Lipinski definition) is 3. The number of rotatable bonds is 13. The van der Waals surface area contributed by atoms with Crippen LogP contribution in [0.15, 0.2) is 65.6 Å². The van der Waals surface area contributed by atoms with E-state index in [0.29, 0.717) is 37.9 Å². The molecule has 2 aliphatic rings. The van der Waals surface area contributed by atoms with Crippen molar-refractivity contribution in [1.29, 1.82) is 0 Å². The zero-order valence-corrected chi connectivity index (χ0v) is 32.0. The van der Waals surface area contributed by atoms with Crippen LogP contribution in [0.5, 0.6) is 17.2 Å². The van der Waals surface area contributed by atoms with Gasteiger partial charge in [-0.15, -0.1) is 0 Å². The average Bonchev–Trinajstić information content (AvgIpc) is 3.15. The van der Waals surface area contributed by atoms with E-state index in [1.165, 1.54) is 26.4 Å². The van der Waals surface area contributed by atoms with Crippen LogP contribution in [-0.2, 0) is 31.2 Å². The Kier molecular flexibility index (Phi) is 13.0. The number of nitrogens with one attached hydrogen (secondary N) is 3. The first-order valence-corrected chi connectivity index (χ1v) is 20.6. The molecule has 3 N–H and O–H groups in total. The molecule has 3 aromatic rings. The molecule has 2 fully saturated rings. The molecule has 5 rings (SSSR count). The minimum absolute atomic E-state index is 0.0834. The minimum atomic E-state index is -5.66. The maximum Gasteiger partial charge on any atom is 0.501 e. The van der Waals surface area contributed by atoms with E-state index in [2.05, 4.69) is 15.4 Å². The van der Waals surface area contributed by atoms with Crippen LogP contribution in [0, 0.1) is 17.7 Å². The van der Waals surface area contributed by atoms with Crippen LogP contribution in [0.25, 0.3) is 0 Å². The van der Waals surface area contributed by atoms with Crippen molar-refractivity contribution in [3.8, 4) is 17.2 Å². The molecule has 2 amide bonds. The Morgan fingerprint density at radius 1 is 0.855 bits per heavy atom. The number of halogens is 4. The molecule has 18 heteroatoms. The molecule has 12 nitrogen and oxygen atoms in total. The van der Waals surface area contributed by atoms with Crippen LogP contribution in [0.2, 0.25) is 0 Å². The van der Waals surface area contributed by atoms with Gasteiger partial charge < -0.3 is 24.8 Å². The molecule has 0 heterocycles. The molecular formula is C37H43F4N3O9S2.